The Labute approximate surface area is 97.4 Å². The molecule has 0 rings (SSSR count). The highest BCUT2D eigenvalue weighted by molar-refractivity contribution is 5.87. The van der Waals surface area contributed by atoms with Crippen LogP contribution >= 0.6 is 0 Å². The Kier molecular flexibility index (Phi) is 7.54. The maximum absolute atomic E-state index is 11.5. The van der Waals surface area contributed by atoms with Gasteiger partial charge in [-0.3, -0.25) is 9.59 Å². The molecule has 2 amide bonds. The summed E-state index contributed by atoms with van der Waals surface area (Å²) in [5, 5.41) is 8.38. The van der Waals surface area contributed by atoms with Crippen LogP contribution in [0, 0.1) is 0 Å². The Hall–Kier alpha value is -1.10. The van der Waals surface area contributed by atoms with E-state index in [0.717, 1.165) is 13.0 Å². The van der Waals surface area contributed by atoms with E-state index in [1.165, 1.54) is 0 Å². The summed E-state index contributed by atoms with van der Waals surface area (Å²) in [6, 6.07) is -0.374. The van der Waals surface area contributed by atoms with Crippen molar-refractivity contribution in [1.82, 2.24) is 16.0 Å². The molecule has 0 fully saturated rings. The average molecular weight is 229 g/mol. The van der Waals surface area contributed by atoms with E-state index in [1.54, 1.807) is 6.92 Å². The molecule has 0 spiro atoms. The van der Waals surface area contributed by atoms with Gasteiger partial charge in [-0.25, -0.2) is 0 Å². The van der Waals surface area contributed by atoms with Gasteiger partial charge in [-0.2, -0.15) is 0 Å². The molecule has 5 nitrogen and oxygen atoms in total. The van der Waals surface area contributed by atoms with Gasteiger partial charge in [0.1, 0.15) is 6.04 Å². The van der Waals surface area contributed by atoms with Crippen LogP contribution in [0.5, 0.6) is 0 Å². The maximum atomic E-state index is 11.5. The largest absolute Gasteiger partial charge is 0.352 e. The number of amides is 2. The van der Waals surface area contributed by atoms with Gasteiger partial charge in [-0.05, 0) is 40.8 Å². The third kappa shape index (κ3) is 7.23. The summed E-state index contributed by atoms with van der Waals surface area (Å²) in [6.45, 7) is 6.27. The van der Waals surface area contributed by atoms with E-state index in [0.29, 0.717) is 6.42 Å². The Balaban J connectivity index is 3.80. The highest BCUT2D eigenvalue weighted by atomic mass is 16.2. The smallest absolute Gasteiger partial charge is 0.242 e. The molecule has 5 heteroatoms. The SMILES string of the molecule is CNCCCC(=O)NC(C)C(=O)NC(C)C. The molecule has 0 heterocycles. The molecule has 0 aliphatic heterocycles. The summed E-state index contributed by atoms with van der Waals surface area (Å²) in [5.74, 6) is -0.223. The van der Waals surface area contributed by atoms with Crippen LogP contribution in [0.15, 0.2) is 0 Å². The van der Waals surface area contributed by atoms with Crippen molar-refractivity contribution in [2.24, 2.45) is 0 Å². The molecule has 16 heavy (non-hydrogen) atoms. The number of hydrogen-bond acceptors (Lipinski definition) is 3. The molecular weight excluding hydrogens is 206 g/mol. The summed E-state index contributed by atoms with van der Waals surface area (Å²) >= 11 is 0. The second-order valence-electron chi connectivity index (χ2n) is 4.16. The van der Waals surface area contributed by atoms with Gasteiger partial charge < -0.3 is 16.0 Å². The van der Waals surface area contributed by atoms with Crippen molar-refractivity contribution in [2.75, 3.05) is 13.6 Å². The van der Waals surface area contributed by atoms with E-state index in [2.05, 4.69) is 16.0 Å². The molecule has 94 valence electrons. The van der Waals surface area contributed by atoms with Gasteiger partial charge in [0.15, 0.2) is 0 Å². The zero-order valence-corrected chi connectivity index (χ0v) is 10.6. The lowest BCUT2D eigenvalue weighted by molar-refractivity contribution is -0.128. The number of carbonyl (C=O) groups excluding carboxylic acids is 2. The van der Waals surface area contributed by atoms with Crippen LogP contribution in [0.1, 0.15) is 33.6 Å². The van der Waals surface area contributed by atoms with E-state index >= 15 is 0 Å². The van der Waals surface area contributed by atoms with E-state index in [9.17, 15) is 9.59 Å². The minimum Gasteiger partial charge on any atom is -0.352 e. The van der Waals surface area contributed by atoms with Gasteiger partial charge in [-0.15, -0.1) is 0 Å². The van der Waals surface area contributed by atoms with Gasteiger partial charge in [0.05, 0.1) is 0 Å². The predicted octanol–water partition coefficient (Wildman–Crippen LogP) is 0.0153. The highest BCUT2D eigenvalue weighted by Crippen LogP contribution is 1.90. The van der Waals surface area contributed by atoms with Crippen LogP contribution in [0.25, 0.3) is 0 Å². The molecule has 1 unspecified atom stereocenters. The summed E-state index contributed by atoms with van der Waals surface area (Å²) in [5.41, 5.74) is 0. The highest BCUT2D eigenvalue weighted by Gasteiger charge is 2.15. The van der Waals surface area contributed by atoms with Crippen LogP contribution in [0.4, 0.5) is 0 Å². The van der Waals surface area contributed by atoms with E-state index in [4.69, 9.17) is 0 Å². The fraction of sp³-hybridized carbons (Fsp3) is 0.818. The molecule has 0 aromatic carbocycles. The second-order valence-corrected chi connectivity index (χ2v) is 4.16. The maximum Gasteiger partial charge on any atom is 0.242 e. The van der Waals surface area contributed by atoms with Crippen molar-refractivity contribution < 1.29 is 9.59 Å². The van der Waals surface area contributed by atoms with E-state index in [1.807, 2.05) is 20.9 Å². The van der Waals surface area contributed by atoms with Crippen molar-refractivity contribution >= 4 is 11.8 Å². The second kappa shape index (κ2) is 8.10. The molecule has 0 saturated carbocycles. The Morgan fingerprint density at radius 2 is 1.75 bits per heavy atom. The topological polar surface area (TPSA) is 70.2 Å². The summed E-state index contributed by atoms with van der Waals surface area (Å²) in [7, 11) is 1.84. The first-order valence-electron chi connectivity index (χ1n) is 5.71. The molecule has 0 aliphatic carbocycles. The summed E-state index contributed by atoms with van der Waals surface area (Å²) in [4.78, 5) is 22.9. The number of carbonyl (C=O) groups is 2. The first-order chi connectivity index (χ1) is 7.47. The van der Waals surface area contributed by atoms with Gasteiger partial charge in [-0.1, -0.05) is 0 Å². The minimum absolute atomic E-state index is 0.0818. The molecule has 0 aromatic heterocycles. The predicted molar refractivity (Wildman–Crippen MR) is 64.0 cm³/mol. The van der Waals surface area contributed by atoms with Crippen molar-refractivity contribution in [3.05, 3.63) is 0 Å². The fourth-order valence-corrected chi connectivity index (χ4v) is 1.21. The molecular formula is C11H23N3O2. The number of rotatable bonds is 7. The Bertz CT molecular complexity index is 229. The molecule has 0 radical (unpaired) electrons. The zero-order valence-electron chi connectivity index (χ0n) is 10.6. The minimum atomic E-state index is -0.468. The van der Waals surface area contributed by atoms with Gasteiger partial charge in [0.2, 0.25) is 11.8 Å². The first kappa shape index (κ1) is 14.9. The van der Waals surface area contributed by atoms with Crippen molar-refractivity contribution in [3.63, 3.8) is 0 Å². The molecule has 3 N–H and O–H groups in total. The number of nitrogens with one attached hydrogen (secondary N) is 3. The third-order valence-corrected chi connectivity index (χ3v) is 2.03. The van der Waals surface area contributed by atoms with Crippen LogP contribution in [-0.2, 0) is 9.59 Å². The first-order valence-corrected chi connectivity index (χ1v) is 5.71. The average Bonchev–Trinajstić information content (AvgIpc) is 2.16. The number of hydrogen-bond donors (Lipinski definition) is 3. The lowest BCUT2D eigenvalue weighted by Gasteiger charge is -2.15. The molecule has 0 saturated heterocycles. The van der Waals surface area contributed by atoms with Gasteiger partial charge in [0.25, 0.3) is 0 Å². The fourth-order valence-electron chi connectivity index (χ4n) is 1.21. The van der Waals surface area contributed by atoms with Crippen LogP contribution < -0.4 is 16.0 Å². The lowest BCUT2D eigenvalue weighted by atomic mass is 10.2. The van der Waals surface area contributed by atoms with Gasteiger partial charge >= 0.3 is 0 Å². The van der Waals surface area contributed by atoms with Crippen LogP contribution in [0.2, 0.25) is 0 Å². The quantitative estimate of drug-likeness (QED) is 0.539. The zero-order chi connectivity index (χ0) is 12.6. The van der Waals surface area contributed by atoms with Crippen molar-refractivity contribution in [1.29, 1.82) is 0 Å². The van der Waals surface area contributed by atoms with E-state index in [-0.39, 0.29) is 17.9 Å². The summed E-state index contributed by atoms with van der Waals surface area (Å²) in [6.07, 6.45) is 1.22. The molecule has 1 atom stereocenters. The molecule has 0 bridgehead atoms. The lowest BCUT2D eigenvalue weighted by Crippen LogP contribution is -2.46. The Morgan fingerprint density at radius 3 is 2.25 bits per heavy atom. The molecule has 0 aliphatic rings. The van der Waals surface area contributed by atoms with Crippen molar-refractivity contribution in [3.8, 4) is 0 Å². The standard InChI is InChI=1S/C11H23N3O2/c1-8(2)13-11(16)9(3)14-10(15)6-5-7-12-4/h8-9,12H,5-7H2,1-4H3,(H,13,16)(H,14,15). The summed E-state index contributed by atoms with van der Waals surface area (Å²) < 4.78 is 0. The van der Waals surface area contributed by atoms with E-state index < -0.39 is 6.04 Å². The third-order valence-electron chi connectivity index (χ3n) is 2.03. The van der Waals surface area contributed by atoms with Crippen LogP contribution in [0.3, 0.4) is 0 Å². The van der Waals surface area contributed by atoms with Crippen LogP contribution in [-0.4, -0.2) is 37.5 Å². The Morgan fingerprint density at radius 1 is 1.12 bits per heavy atom. The normalized spacial score (nSPS) is 12.3. The monoisotopic (exact) mass is 229 g/mol. The van der Waals surface area contributed by atoms with Crippen molar-refractivity contribution in [2.45, 2.75) is 45.7 Å². The van der Waals surface area contributed by atoms with Gasteiger partial charge in [0, 0.05) is 12.5 Å². The molecule has 0 aromatic rings.